The molecule has 0 unspecified atom stereocenters. The molecular weight excluding hydrogens is 254 g/mol. The normalized spacial score (nSPS) is 17.7. The third-order valence-corrected chi connectivity index (χ3v) is 3.67. The van der Waals surface area contributed by atoms with E-state index >= 15 is 0 Å². The quantitative estimate of drug-likeness (QED) is 0.892. The Balaban J connectivity index is 2.19. The van der Waals surface area contributed by atoms with Crippen LogP contribution in [0.2, 0.25) is 0 Å². The van der Waals surface area contributed by atoms with Gasteiger partial charge in [0.25, 0.3) is 0 Å². The minimum atomic E-state index is 0.687. The summed E-state index contributed by atoms with van der Waals surface area (Å²) >= 11 is 3.62. The van der Waals surface area contributed by atoms with E-state index in [1.165, 1.54) is 22.9 Å². The SMILES string of the molecule is COc1ccc(C2CCNCC2)c(Br)c1. The number of nitrogens with one attached hydrogen (secondary N) is 1. The van der Waals surface area contributed by atoms with Gasteiger partial charge < -0.3 is 10.1 Å². The molecule has 1 heterocycles. The zero-order valence-corrected chi connectivity index (χ0v) is 10.5. The van der Waals surface area contributed by atoms with E-state index in [0.717, 1.165) is 18.8 Å². The Morgan fingerprint density at radius 2 is 2.07 bits per heavy atom. The number of halogens is 1. The third kappa shape index (κ3) is 2.52. The van der Waals surface area contributed by atoms with Crippen molar-refractivity contribution in [3.8, 4) is 5.75 Å². The number of rotatable bonds is 2. The van der Waals surface area contributed by atoms with Crippen molar-refractivity contribution in [1.29, 1.82) is 0 Å². The molecule has 1 fully saturated rings. The lowest BCUT2D eigenvalue weighted by Gasteiger charge is -2.24. The summed E-state index contributed by atoms with van der Waals surface area (Å²) in [6.07, 6.45) is 2.45. The van der Waals surface area contributed by atoms with Gasteiger partial charge in [-0.05, 0) is 49.5 Å². The van der Waals surface area contributed by atoms with E-state index in [1.54, 1.807) is 7.11 Å². The van der Waals surface area contributed by atoms with Crippen LogP contribution in [0.3, 0.4) is 0 Å². The fraction of sp³-hybridized carbons (Fsp3) is 0.500. The van der Waals surface area contributed by atoms with Crippen LogP contribution in [0.5, 0.6) is 5.75 Å². The zero-order chi connectivity index (χ0) is 10.7. The Bertz CT molecular complexity index is 334. The Kier molecular flexibility index (Phi) is 3.65. The van der Waals surface area contributed by atoms with E-state index < -0.39 is 0 Å². The maximum Gasteiger partial charge on any atom is 0.120 e. The molecule has 1 aromatic rings. The molecule has 0 amide bonds. The molecule has 15 heavy (non-hydrogen) atoms. The van der Waals surface area contributed by atoms with Crippen LogP contribution >= 0.6 is 15.9 Å². The molecule has 2 nitrogen and oxygen atoms in total. The van der Waals surface area contributed by atoms with Gasteiger partial charge in [0.05, 0.1) is 7.11 Å². The number of methoxy groups -OCH3 is 1. The number of ether oxygens (including phenoxy) is 1. The highest BCUT2D eigenvalue weighted by Crippen LogP contribution is 2.33. The Hall–Kier alpha value is -0.540. The minimum Gasteiger partial charge on any atom is -0.497 e. The summed E-state index contributed by atoms with van der Waals surface area (Å²) in [5, 5.41) is 3.39. The van der Waals surface area contributed by atoms with Gasteiger partial charge in [-0.15, -0.1) is 0 Å². The Morgan fingerprint density at radius 1 is 1.33 bits per heavy atom. The van der Waals surface area contributed by atoms with E-state index in [-0.39, 0.29) is 0 Å². The lowest BCUT2D eigenvalue weighted by atomic mass is 9.90. The van der Waals surface area contributed by atoms with Gasteiger partial charge in [-0.2, -0.15) is 0 Å². The fourth-order valence-corrected chi connectivity index (χ4v) is 2.78. The van der Waals surface area contributed by atoms with Gasteiger partial charge in [0, 0.05) is 4.47 Å². The van der Waals surface area contributed by atoms with Crippen molar-refractivity contribution in [2.45, 2.75) is 18.8 Å². The van der Waals surface area contributed by atoms with Crippen molar-refractivity contribution in [3.63, 3.8) is 0 Å². The van der Waals surface area contributed by atoms with E-state index in [9.17, 15) is 0 Å². The first kappa shape index (κ1) is 11.0. The van der Waals surface area contributed by atoms with Gasteiger partial charge >= 0.3 is 0 Å². The number of benzene rings is 1. The highest BCUT2D eigenvalue weighted by molar-refractivity contribution is 9.10. The van der Waals surface area contributed by atoms with Crippen molar-refractivity contribution < 1.29 is 4.74 Å². The van der Waals surface area contributed by atoms with Crippen LogP contribution in [0.25, 0.3) is 0 Å². The van der Waals surface area contributed by atoms with Gasteiger partial charge in [0.1, 0.15) is 5.75 Å². The molecule has 0 aliphatic carbocycles. The van der Waals surface area contributed by atoms with Crippen LogP contribution in [0.4, 0.5) is 0 Å². The molecule has 0 bridgehead atoms. The molecule has 82 valence electrons. The highest BCUT2D eigenvalue weighted by atomic mass is 79.9. The largest absolute Gasteiger partial charge is 0.497 e. The molecule has 3 heteroatoms. The molecule has 1 aromatic carbocycles. The van der Waals surface area contributed by atoms with Gasteiger partial charge in [-0.25, -0.2) is 0 Å². The lowest BCUT2D eigenvalue weighted by Crippen LogP contribution is -2.26. The summed E-state index contributed by atoms with van der Waals surface area (Å²) < 4.78 is 6.37. The Labute approximate surface area is 99.1 Å². The van der Waals surface area contributed by atoms with Crippen molar-refractivity contribution >= 4 is 15.9 Å². The number of hydrogen-bond donors (Lipinski definition) is 1. The Morgan fingerprint density at radius 3 is 2.67 bits per heavy atom. The van der Waals surface area contributed by atoms with E-state index in [2.05, 4.69) is 33.4 Å². The molecule has 2 rings (SSSR count). The third-order valence-electron chi connectivity index (χ3n) is 2.99. The van der Waals surface area contributed by atoms with E-state index in [0.29, 0.717) is 5.92 Å². The molecule has 0 spiro atoms. The first-order chi connectivity index (χ1) is 7.31. The summed E-state index contributed by atoms with van der Waals surface area (Å²) in [4.78, 5) is 0. The van der Waals surface area contributed by atoms with Crippen LogP contribution in [0, 0.1) is 0 Å². The molecule has 1 saturated heterocycles. The molecule has 1 aliphatic rings. The van der Waals surface area contributed by atoms with Crippen LogP contribution in [-0.2, 0) is 0 Å². The van der Waals surface area contributed by atoms with Gasteiger partial charge in [0.15, 0.2) is 0 Å². The van der Waals surface area contributed by atoms with Crippen molar-refractivity contribution in [2.24, 2.45) is 0 Å². The van der Waals surface area contributed by atoms with Crippen molar-refractivity contribution in [3.05, 3.63) is 28.2 Å². The summed E-state index contributed by atoms with van der Waals surface area (Å²) in [6, 6.07) is 6.28. The van der Waals surface area contributed by atoms with Gasteiger partial charge in [-0.1, -0.05) is 22.0 Å². The van der Waals surface area contributed by atoms with Crippen molar-refractivity contribution in [2.75, 3.05) is 20.2 Å². The average Bonchev–Trinajstić information content (AvgIpc) is 2.30. The maximum absolute atomic E-state index is 5.19. The molecule has 0 atom stereocenters. The second-order valence-corrected chi connectivity index (χ2v) is 4.77. The summed E-state index contributed by atoms with van der Waals surface area (Å²) in [5.74, 6) is 1.60. The van der Waals surface area contributed by atoms with E-state index in [1.807, 2.05) is 6.07 Å². The predicted octanol–water partition coefficient (Wildman–Crippen LogP) is 2.92. The van der Waals surface area contributed by atoms with Gasteiger partial charge in [0.2, 0.25) is 0 Å². The molecule has 0 saturated carbocycles. The monoisotopic (exact) mass is 269 g/mol. The summed E-state index contributed by atoms with van der Waals surface area (Å²) in [6.45, 7) is 2.26. The first-order valence-corrected chi connectivity index (χ1v) is 6.14. The lowest BCUT2D eigenvalue weighted by molar-refractivity contribution is 0.413. The predicted molar refractivity (Wildman–Crippen MR) is 65.5 cm³/mol. The maximum atomic E-state index is 5.19. The summed E-state index contributed by atoms with van der Waals surface area (Å²) in [5.41, 5.74) is 1.41. The zero-order valence-electron chi connectivity index (χ0n) is 8.92. The van der Waals surface area contributed by atoms with Crippen LogP contribution in [0.15, 0.2) is 22.7 Å². The smallest absolute Gasteiger partial charge is 0.120 e. The van der Waals surface area contributed by atoms with Crippen LogP contribution in [-0.4, -0.2) is 20.2 Å². The topological polar surface area (TPSA) is 21.3 Å². The second kappa shape index (κ2) is 4.99. The first-order valence-electron chi connectivity index (χ1n) is 5.35. The average molecular weight is 270 g/mol. The fourth-order valence-electron chi connectivity index (χ4n) is 2.10. The summed E-state index contributed by atoms with van der Waals surface area (Å²) in [7, 11) is 1.70. The minimum absolute atomic E-state index is 0.687. The molecule has 0 radical (unpaired) electrons. The van der Waals surface area contributed by atoms with Crippen LogP contribution in [0.1, 0.15) is 24.3 Å². The molecular formula is C12H16BrNO. The molecule has 0 aromatic heterocycles. The molecule has 1 aliphatic heterocycles. The van der Waals surface area contributed by atoms with Gasteiger partial charge in [-0.3, -0.25) is 0 Å². The molecule has 1 N–H and O–H groups in total. The highest BCUT2D eigenvalue weighted by Gasteiger charge is 2.17. The van der Waals surface area contributed by atoms with Crippen molar-refractivity contribution in [1.82, 2.24) is 5.32 Å². The second-order valence-electron chi connectivity index (χ2n) is 3.91. The number of piperidine rings is 1. The number of hydrogen-bond acceptors (Lipinski definition) is 2. The van der Waals surface area contributed by atoms with Crippen LogP contribution < -0.4 is 10.1 Å². The standard InChI is InChI=1S/C12H16BrNO/c1-15-10-2-3-11(12(13)8-10)9-4-6-14-7-5-9/h2-3,8-9,14H,4-7H2,1H3. The van der Waals surface area contributed by atoms with E-state index in [4.69, 9.17) is 4.74 Å².